The van der Waals surface area contributed by atoms with E-state index in [2.05, 4.69) is 72.6 Å². The fraction of sp³-hybridized carbons (Fsp3) is 0.393. The molecule has 0 aliphatic carbocycles. The molecule has 0 unspecified atom stereocenters. The van der Waals surface area contributed by atoms with Crippen LogP contribution in [0.15, 0.2) is 54.6 Å². The van der Waals surface area contributed by atoms with Crippen LogP contribution in [0.5, 0.6) is 0 Å². The van der Waals surface area contributed by atoms with E-state index in [-0.39, 0.29) is 17.9 Å². The fourth-order valence-corrected chi connectivity index (χ4v) is 5.77. The Morgan fingerprint density at radius 1 is 1.14 bits per heavy atom. The average molecular weight is 488 g/mol. The van der Waals surface area contributed by atoms with Gasteiger partial charge in [-0.15, -0.1) is 0 Å². The molecule has 1 saturated heterocycles. The van der Waals surface area contributed by atoms with Crippen molar-refractivity contribution in [2.75, 3.05) is 18.0 Å². The van der Waals surface area contributed by atoms with Crippen molar-refractivity contribution in [2.45, 2.75) is 52.5 Å². The molecule has 0 bridgehead atoms. The Balaban J connectivity index is 1.25. The Labute approximate surface area is 211 Å². The van der Waals surface area contributed by atoms with Gasteiger partial charge >= 0.3 is 0 Å². The third-order valence-electron chi connectivity index (χ3n) is 6.82. The highest BCUT2D eigenvalue weighted by Gasteiger charge is 2.29. The SMILES string of the molecule is Cc1ccc(-n2nc(C)c3sc(N4CCC[C@@H](C(=O)N[C@@H](C)CCc5ccccc5)C4)nc32)cc1. The predicted octanol–water partition coefficient (Wildman–Crippen LogP) is 5.45. The molecule has 4 aromatic rings. The lowest BCUT2D eigenvalue weighted by molar-refractivity contribution is -0.125. The van der Waals surface area contributed by atoms with Crippen LogP contribution >= 0.6 is 11.3 Å². The van der Waals surface area contributed by atoms with E-state index in [4.69, 9.17) is 10.1 Å². The molecular weight excluding hydrogens is 454 g/mol. The summed E-state index contributed by atoms with van der Waals surface area (Å²) in [6, 6.07) is 19.0. The van der Waals surface area contributed by atoms with Crippen LogP contribution in [0.4, 0.5) is 5.13 Å². The van der Waals surface area contributed by atoms with Gasteiger partial charge in [-0.25, -0.2) is 4.68 Å². The highest BCUT2D eigenvalue weighted by atomic mass is 32.1. The van der Waals surface area contributed by atoms with Gasteiger partial charge in [0.25, 0.3) is 0 Å². The third-order valence-corrected chi connectivity index (χ3v) is 8.03. The van der Waals surface area contributed by atoms with Gasteiger partial charge < -0.3 is 10.2 Å². The van der Waals surface area contributed by atoms with Crippen molar-refractivity contribution >= 4 is 32.7 Å². The number of benzene rings is 2. The first-order chi connectivity index (χ1) is 17.0. The summed E-state index contributed by atoms with van der Waals surface area (Å²) >= 11 is 1.68. The molecule has 0 spiro atoms. The molecule has 1 N–H and O–H groups in total. The molecule has 1 aliphatic rings. The number of carbonyl (C=O) groups is 1. The van der Waals surface area contributed by atoms with Crippen molar-refractivity contribution in [2.24, 2.45) is 5.92 Å². The van der Waals surface area contributed by atoms with Crippen LogP contribution < -0.4 is 10.2 Å². The molecule has 2 atom stereocenters. The van der Waals surface area contributed by atoms with Gasteiger partial charge in [-0.05, 0) is 64.2 Å². The molecular formula is C28H33N5OS. The van der Waals surface area contributed by atoms with Crippen molar-refractivity contribution in [3.05, 3.63) is 71.4 Å². The number of nitrogens with zero attached hydrogens (tertiary/aromatic N) is 4. The Morgan fingerprint density at radius 3 is 2.69 bits per heavy atom. The Bertz CT molecular complexity index is 1290. The van der Waals surface area contributed by atoms with Crippen molar-refractivity contribution < 1.29 is 4.79 Å². The molecule has 3 heterocycles. The van der Waals surface area contributed by atoms with Crippen LogP contribution in [-0.2, 0) is 11.2 Å². The van der Waals surface area contributed by atoms with Gasteiger partial charge in [0.1, 0.15) is 0 Å². The van der Waals surface area contributed by atoms with Crippen LogP contribution in [0, 0.1) is 19.8 Å². The van der Waals surface area contributed by atoms with E-state index in [1.54, 1.807) is 11.3 Å². The van der Waals surface area contributed by atoms with Gasteiger partial charge in [0.15, 0.2) is 10.8 Å². The van der Waals surface area contributed by atoms with Crippen LogP contribution in [0.1, 0.15) is 43.0 Å². The van der Waals surface area contributed by atoms with Crippen LogP contribution in [-0.4, -0.2) is 39.8 Å². The van der Waals surface area contributed by atoms with Gasteiger partial charge in [-0.3, -0.25) is 4.79 Å². The van der Waals surface area contributed by atoms with E-state index >= 15 is 0 Å². The van der Waals surface area contributed by atoms with Crippen LogP contribution in [0.3, 0.4) is 0 Å². The smallest absolute Gasteiger partial charge is 0.225 e. The van der Waals surface area contributed by atoms with E-state index in [1.165, 1.54) is 11.1 Å². The van der Waals surface area contributed by atoms with Gasteiger partial charge in [0.05, 0.1) is 22.0 Å². The summed E-state index contributed by atoms with van der Waals surface area (Å²) in [5, 5.41) is 8.98. The normalized spacial score (nSPS) is 17.0. The third kappa shape index (κ3) is 5.25. The maximum Gasteiger partial charge on any atom is 0.225 e. The Morgan fingerprint density at radius 2 is 1.91 bits per heavy atom. The molecule has 182 valence electrons. The summed E-state index contributed by atoms with van der Waals surface area (Å²) in [5.41, 5.74) is 5.44. The lowest BCUT2D eigenvalue weighted by atomic mass is 9.96. The van der Waals surface area contributed by atoms with Crippen molar-refractivity contribution in [1.29, 1.82) is 0 Å². The number of aromatic nitrogens is 3. The second kappa shape index (κ2) is 10.2. The van der Waals surface area contributed by atoms with Gasteiger partial charge in [0, 0.05) is 19.1 Å². The molecule has 2 aromatic carbocycles. The summed E-state index contributed by atoms with van der Waals surface area (Å²) in [6.45, 7) is 7.87. The minimum Gasteiger partial charge on any atom is -0.353 e. The predicted molar refractivity (Wildman–Crippen MR) is 144 cm³/mol. The average Bonchev–Trinajstić information content (AvgIpc) is 3.45. The second-order valence-corrected chi connectivity index (χ2v) is 10.7. The molecule has 1 aliphatic heterocycles. The standard InChI is InChI=1S/C28H33N5OS/c1-19-11-15-24(16-12-19)33-26-25(21(3)31-33)35-28(30-26)32-17-7-10-23(18-32)27(34)29-20(2)13-14-22-8-5-4-6-9-22/h4-6,8-9,11-12,15-16,20,23H,7,10,13-14,17-18H2,1-3H3,(H,29,34)/t20-,23+/m0/s1. The number of carbonyl (C=O) groups excluding carboxylic acids is 1. The maximum absolute atomic E-state index is 13.1. The Hall–Kier alpha value is -3.19. The highest BCUT2D eigenvalue weighted by Crippen LogP contribution is 2.34. The molecule has 0 radical (unpaired) electrons. The minimum atomic E-state index is -0.00960. The van der Waals surface area contributed by atoms with E-state index in [0.29, 0.717) is 6.54 Å². The zero-order chi connectivity index (χ0) is 24.4. The number of hydrogen-bond acceptors (Lipinski definition) is 5. The van der Waals surface area contributed by atoms with Crippen molar-refractivity contribution in [3.63, 3.8) is 0 Å². The summed E-state index contributed by atoms with van der Waals surface area (Å²) < 4.78 is 3.05. The molecule has 7 heteroatoms. The first-order valence-electron chi connectivity index (χ1n) is 12.5. The van der Waals surface area contributed by atoms with Crippen molar-refractivity contribution in [1.82, 2.24) is 20.1 Å². The number of thiazole rings is 1. The van der Waals surface area contributed by atoms with Crippen LogP contribution in [0.25, 0.3) is 16.0 Å². The van der Waals surface area contributed by atoms with E-state index < -0.39 is 0 Å². The number of piperidine rings is 1. The quantitative estimate of drug-likeness (QED) is 0.376. The molecule has 1 amide bonds. The number of anilines is 1. The maximum atomic E-state index is 13.1. The first-order valence-corrected chi connectivity index (χ1v) is 13.3. The van der Waals surface area contributed by atoms with Crippen LogP contribution in [0.2, 0.25) is 0 Å². The van der Waals surface area contributed by atoms with E-state index in [9.17, 15) is 4.79 Å². The monoisotopic (exact) mass is 487 g/mol. The number of rotatable bonds is 7. The van der Waals surface area contributed by atoms with Gasteiger partial charge in [-0.2, -0.15) is 10.1 Å². The molecule has 0 saturated carbocycles. The topological polar surface area (TPSA) is 63.1 Å². The van der Waals surface area contributed by atoms with Gasteiger partial charge in [-0.1, -0.05) is 59.4 Å². The Kier molecular flexibility index (Phi) is 6.86. The number of hydrogen-bond donors (Lipinski definition) is 1. The van der Waals surface area contributed by atoms with E-state index in [1.807, 2.05) is 17.7 Å². The summed E-state index contributed by atoms with van der Waals surface area (Å²) in [4.78, 5) is 20.3. The van der Waals surface area contributed by atoms with Crippen molar-refractivity contribution in [3.8, 4) is 5.69 Å². The largest absolute Gasteiger partial charge is 0.353 e. The molecule has 1 fully saturated rings. The first kappa shape index (κ1) is 23.5. The van der Waals surface area contributed by atoms with E-state index in [0.717, 1.165) is 59.1 Å². The zero-order valence-corrected chi connectivity index (χ0v) is 21.5. The highest BCUT2D eigenvalue weighted by molar-refractivity contribution is 7.22. The molecule has 6 nitrogen and oxygen atoms in total. The number of fused-ring (bicyclic) bond motifs is 1. The lowest BCUT2D eigenvalue weighted by Gasteiger charge is -2.32. The second-order valence-electron chi connectivity index (χ2n) is 9.70. The number of aryl methyl sites for hydroxylation is 3. The number of amides is 1. The molecule has 2 aromatic heterocycles. The zero-order valence-electron chi connectivity index (χ0n) is 20.7. The summed E-state index contributed by atoms with van der Waals surface area (Å²) in [6.07, 6.45) is 3.84. The molecule has 35 heavy (non-hydrogen) atoms. The number of nitrogens with one attached hydrogen (secondary N) is 1. The lowest BCUT2D eigenvalue weighted by Crippen LogP contribution is -2.45. The van der Waals surface area contributed by atoms with Gasteiger partial charge in [0.2, 0.25) is 5.91 Å². The fourth-order valence-electron chi connectivity index (χ4n) is 4.75. The molecule has 5 rings (SSSR count). The summed E-state index contributed by atoms with van der Waals surface area (Å²) in [7, 11) is 0. The minimum absolute atomic E-state index is 0.00960. The summed E-state index contributed by atoms with van der Waals surface area (Å²) in [5.74, 6) is 0.156.